The maximum Gasteiger partial charge on any atom is 0.234 e. The van der Waals surface area contributed by atoms with Crippen LogP contribution in [0.1, 0.15) is 11.7 Å². The highest BCUT2D eigenvalue weighted by Crippen LogP contribution is 2.39. The second-order valence-corrected chi connectivity index (χ2v) is 4.78. The number of rotatable bonds is 5. The van der Waals surface area contributed by atoms with Crippen LogP contribution in [0, 0.1) is 0 Å². The number of nitrogens with one attached hydrogen (secondary N) is 2. The van der Waals surface area contributed by atoms with Crippen molar-refractivity contribution in [2.75, 3.05) is 33.4 Å². The van der Waals surface area contributed by atoms with Crippen molar-refractivity contribution in [2.24, 2.45) is 0 Å². The van der Waals surface area contributed by atoms with Gasteiger partial charge in [0, 0.05) is 6.54 Å². The minimum atomic E-state index is -0.857. The van der Waals surface area contributed by atoms with Crippen molar-refractivity contribution in [3.8, 4) is 11.5 Å². The summed E-state index contributed by atoms with van der Waals surface area (Å²) in [5, 5.41) is 15.8. The number of carbonyl (C=O) groups excluding carboxylic acids is 1. The number of likely N-dealkylation sites (N-methyl/N-ethyl adjacent to an activating group) is 1. The van der Waals surface area contributed by atoms with E-state index in [1.54, 1.807) is 19.2 Å². The highest BCUT2D eigenvalue weighted by atomic mass is 35.5. The van der Waals surface area contributed by atoms with Crippen molar-refractivity contribution in [1.82, 2.24) is 10.6 Å². The fraction of sp³-hybridized carbons (Fsp3) is 0.462. The average molecular weight is 337 g/mol. The number of amides is 1. The summed E-state index contributed by atoms with van der Waals surface area (Å²) in [6.07, 6.45) is -0.857. The standard InChI is InChI=1S/C13H17ClN2O4.ClH/c1-15-7-12(18)16-6-10(17)8-4-9(14)13-11(5-8)19-2-3-20-13;/h4-5,10,15,17H,2-3,6-7H2,1H3,(H,16,18);1H. The van der Waals surface area contributed by atoms with Crippen LogP contribution in [0.15, 0.2) is 12.1 Å². The maximum atomic E-state index is 11.3. The first-order chi connectivity index (χ1) is 9.61. The Morgan fingerprint density at radius 1 is 1.43 bits per heavy atom. The number of halogens is 2. The Bertz CT molecular complexity index is 499. The molecule has 1 atom stereocenters. The van der Waals surface area contributed by atoms with Crippen LogP contribution >= 0.6 is 24.0 Å². The summed E-state index contributed by atoms with van der Waals surface area (Å²) < 4.78 is 10.8. The summed E-state index contributed by atoms with van der Waals surface area (Å²) in [5.74, 6) is 0.822. The first-order valence-electron chi connectivity index (χ1n) is 6.30. The molecule has 8 heteroatoms. The number of aliphatic hydroxyl groups excluding tert-OH is 1. The van der Waals surface area contributed by atoms with E-state index in [4.69, 9.17) is 21.1 Å². The third-order valence-corrected chi connectivity index (χ3v) is 3.11. The zero-order valence-electron chi connectivity index (χ0n) is 11.5. The molecule has 2 rings (SSSR count). The number of carbonyl (C=O) groups is 1. The number of hydrogen-bond acceptors (Lipinski definition) is 5. The molecule has 0 radical (unpaired) electrons. The molecule has 1 aromatic carbocycles. The SMILES string of the molecule is CNCC(=O)NCC(O)c1cc(Cl)c2c(c1)OCCO2.Cl. The summed E-state index contributed by atoms with van der Waals surface area (Å²) >= 11 is 6.09. The molecule has 1 aromatic rings. The molecule has 6 nitrogen and oxygen atoms in total. The second kappa shape index (κ2) is 8.29. The molecule has 0 bridgehead atoms. The number of aliphatic hydroxyl groups is 1. The van der Waals surface area contributed by atoms with Crippen LogP contribution < -0.4 is 20.1 Å². The molecule has 21 heavy (non-hydrogen) atoms. The van der Waals surface area contributed by atoms with Crippen LogP contribution in [0.3, 0.4) is 0 Å². The molecule has 1 aliphatic rings. The van der Waals surface area contributed by atoms with E-state index < -0.39 is 6.10 Å². The Balaban J connectivity index is 0.00000220. The molecular formula is C13H18Cl2N2O4. The van der Waals surface area contributed by atoms with Gasteiger partial charge in [0.15, 0.2) is 11.5 Å². The van der Waals surface area contributed by atoms with Gasteiger partial charge >= 0.3 is 0 Å². The Morgan fingerprint density at radius 3 is 2.86 bits per heavy atom. The second-order valence-electron chi connectivity index (χ2n) is 4.38. The zero-order valence-corrected chi connectivity index (χ0v) is 13.1. The van der Waals surface area contributed by atoms with E-state index >= 15 is 0 Å². The van der Waals surface area contributed by atoms with Gasteiger partial charge in [0.2, 0.25) is 5.91 Å². The van der Waals surface area contributed by atoms with Crippen LogP contribution in [0.25, 0.3) is 0 Å². The van der Waals surface area contributed by atoms with Crippen molar-refractivity contribution in [3.63, 3.8) is 0 Å². The van der Waals surface area contributed by atoms with Gasteiger partial charge in [-0.2, -0.15) is 0 Å². The quantitative estimate of drug-likeness (QED) is 0.744. The maximum absolute atomic E-state index is 11.3. The molecule has 3 N–H and O–H groups in total. The fourth-order valence-electron chi connectivity index (χ4n) is 1.87. The molecular weight excluding hydrogens is 319 g/mol. The van der Waals surface area contributed by atoms with Gasteiger partial charge in [-0.25, -0.2) is 0 Å². The zero-order chi connectivity index (χ0) is 14.5. The average Bonchev–Trinajstić information content (AvgIpc) is 2.45. The van der Waals surface area contributed by atoms with Gasteiger partial charge in [-0.3, -0.25) is 4.79 Å². The van der Waals surface area contributed by atoms with Crippen LogP contribution in [0.5, 0.6) is 11.5 Å². The Kier molecular flexibility index (Phi) is 7.04. The lowest BCUT2D eigenvalue weighted by Crippen LogP contribution is -2.34. The molecule has 1 unspecified atom stereocenters. The van der Waals surface area contributed by atoms with Gasteiger partial charge in [0.05, 0.1) is 17.7 Å². The van der Waals surface area contributed by atoms with E-state index in [0.717, 1.165) is 0 Å². The summed E-state index contributed by atoms with van der Waals surface area (Å²) in [7, 11) is 1.68. The number of hydrogen-bond donors (Lipinski definition) is 3. The monoisotopic (exact) mass is 336 g/mol. The van der Waals surface area contributed by atoms with Crippen LogP contribution in [-0.2, 0) is 4.79 Å². The lowest BCUT2D eigenvalue weighted by molar-refractivity contribution is -0.120. The Labute approximate surface area is 134 Å². The van der Waals surface area contributed by atoms with Crippen molar-refractivity contribution < 1.29 is 19.4 Å². The van der Waals surface area contributed by atoms with Gasteiger partial charge < -0.3 is 25.2 Å². The van der Waals surface area contributed by atoms with E-state index in [0.29, 0.717) is 35.3 Å². The molecule has 0 saturated carbocycles. The third-order valence-electron chi connectivity index (χ3n) is 2.83. The van der Waals surface area contributed by atoms with Crippen molar-refractivity contribution in [2.45, 2.75) is 6.10 Å². The predicted octanol–water partition coefficient (Wildman–Crippen LogP) is 0.902. The summed E-state index contributed by atoms with van der Waals surface area (Å²) in [4.78, 5) is 11.3. The molecule has 0 saturated heterocycles. The first-order valence-corrected chi connectivity index (χ1v) is 6.68. The van der Waals surface area contributed by atoms with E-state index in [1.165, 1.54) is 0 Å². The lowest BCUT2D eigenvalue weighted by atomic mass is 10.1. The Morgan fingerprint density at radius 2 is 2.14 bits per heavy atom. The first kappa shape index (κ1) is 17.8. The van der Waals surface area contributed by atoms with Crippen LogP contribution in [0.2, 0.25) is 5.02 Å². The van der Waals surface area contributed by atoms with Crippen molar-refractivity contribution in [3.05, 3.63) is 22.7 Å². The summed E-state index contributed by atoms with van der Waals surface area (Å²) in [5.41, 5.74) is 0.573. The van der Waals surface area contributed by atoms with Gasteiger partial charge in [-0.15, -0.1) is 12.4 Å². The molecule has 0 aromatic heterocycles. The van der Waals surface area contributed by atoms with Crippen LogP contribution in [0.4, 0.5) is 0 Å². The van der Waals surface area contributed by atoms with E-state index in [2.05, 4.69) is 10.6 Å². The minimum Gasteiger partial charge on any atom is -0.486 e. The highest BCUT2D eigenvalue weighted by molar-refractivity contribution is 6.32. The normalized spacial score (nSPS) is 14.0. The van der Waals surface area contributed by atoms with Gasteiger partial charge in [-0.05, 0) is 24.7 Å². The smallest absolute Gasteiger partial charge is 0.234 e. The largest absolute Gasteiger partial charge is 0.486 e. The number of ether oxygens (including phenoxy) is 2. The molecule has 118 valence electrons. The fourth-order valence-corrected chi connectivity index (χ4v) is 2.15. The lowest BCUT2D eigenvalue weighted by Gasteiger charge is -2.21. The van der Waals surface area contributed by atoms with Gasteiger partial charge in [0.1, 0.15) is 13.2 Å². The molecule has 0 spiro atoms. The highest BCUT2D eigenvalue weighted by Gasteiger charge is 2.19. The minimum absolute atomic E-state index is 0. The van der Waals surface area contributed by atoms with Gasteiger partial charge in [-0.1, -0.05) is 11.6 Å². The third kappa shape index (κ3) is 4.64. The topological polar surface area (TPSA) is 79.8 Å². The van der Waals surface area contributed by atoms with Gasteiger partial charge in [0.25, 0.3) is 0 Å². The predicted molar refractivity (Wildman–Crippen MR) is 81.6 cm³/mol. The summed E-state index contributed by atoms with van der Waals surface area (Å²) in [6, 6.07) is 3.29. The molecule has 1 aliphatic heterocycles. The van der Waals surface area contributed by atoms with E-state index in [-0.39, 0.29) is 31.4 Å². The van der Waals surface area contributed by atoms with Crippen molar-refractivity contribution in [1.29, 1.82) is 0 Å². The Hall–Kier alpha value is -1.21. The molecule has 0 aliphatic carbocycles. The molecule has 1 amide bonds. The number of fused-ring (bicyclic) bond motifs is 1. The molecule has 1 heterocycles. The summed E-state index contributed by atoms with van der Waals surface area (Å²) in [6.45, 7) is 1.21. The van der Waals surface area contributed by atoms with E-state index in [9.17, 15) is 9.90 Å². The number of benzene rings is 1. The van der Waals surface area contributed by atoms with E-state index in [1.807, 2.05) is 0 Å². The van der Waals surface area contributed by atoms with Crippen LogP contribution in [-0.4, -0.2) is 44.4 Å². The van der Waals surface area contributed by atoms with Crippen molar-refractivity contribution >= 4 is 29.9 Å². The molecule has 0 fully saturated rings.